The summed E-state index contributed by atoms with van der Waals surface area (Å²) in [7, 11) is 0. The molecule has 35 heavy (non-hydrogen) atoms. The van der Waals surface area contributed by atoms with E-state index >= 15 is 0 Å². The normalized spacial score (nSPS) is 23.1. The Bertz CT molecular complexity index is 566. The van der Waals surface area contributed by atoms with Crippen molar-refractivity contribution in [1.29, 1.82) is 0 Å². The van der Waals surface area contributed by atoms with Gasteiger partial charge in [0, 0.05) is 5.41 Å². The van der Waals surface area contributed by atoms with Crippen LogP contribution in [0.4, 0.5) is 0 Å². The third-order valence-electron chi connectivity index (χ3n) is 9.07. The second-order valence-electron chi connectivity index (χ2n) is 11.8. The maximum atomic E-state index is 2.47. The van der Waals surface area contributed by atoms with Crippen molar-refractivity contribution in [2.45, 2.75) is 178 Å². The molecule has 0 heterocycles. The Morgan fingerprint density at radius 2 is 0.800 bits per heavy atom. The molecule has 1 unspecified atom stereocenters. The van der Waals surface area contributed by atoms with E-state index in [2.05, 4.69) is 62.3 Å². The SMILES string of the molecule is CCCC1=C(CCC)C(CCC)(CCC)C(CCC)=C(CCC)[C@H](CCC)C(CCC)[C@@H]1CCC. The summed E-state index contributed by atoms with van der Waals surface area (Å²) in [6, 6.07) is 0. The zero-order valence-corrected chi connectivity index (χ0v) is 26.0. The standard InChI is InChI=1S/C35H66/c1-10-19-28-29(20-11-2)31(22-13-4)33(24-15-6)35(26-17-8,27-18-9)34(25-16-7)32(23-14-5)30(28)21-12-3/h28-30H,10-27H2,1-9H3/t28?,29-,30+. The maximum absolute atomic E-state index is 2.47. The average molecular weight is 487 g/mol. The van der Waals surface area contributed by atoms with Crippen LogP contribution in [0.2, 0.25) is 0 Å². The van der Waals surface area contributed by atoms with Crippen molar-refractivity contribution >= 4 is 0 Å². The highest BCUT2D eigenvalue weighted by Gasteiger charge is 2.44. The van der Waals surface area contributed by atoms with Crippen LogP contribution in [-0.2, 0) is 0 Å². The topological polar surface area (TPSA) is 0 Å². The van der Waals surface area contributed by atoms with Gasteiger partial charge in [-0.15, -0.1) is 0 Å². The quantitative estimate of drug-likeness (QED) is 0.169. The van der Waals surface area contributed by atoms with E-state index in [1.54, 1.807) is 0 Å². The van der Waals surface area contributed by atoms with Crippen molar-refractivity contribution in [3.8, 4) is 0 Å². The number of rotatable bonds is 18. The van der Waals surface area contributed by atoms with Gasteiger partial charge in [-0.1, -0.05) is 142 Å². The van der Waals surface area contributed by atoms with Crippen LogP contribution in [0.5, 0.6) is 0 Å². The van der Waals surface area contributed by atoms with Gasteiger partial charge in [0.15, 0.2) is 0 Å². The van der Waals surface area contributed by atoms with Crippen LogP contribution in [0.1, 0.15) is 178 Å². The monoisotopic (exact) mass is 487 g/mol. The molecule has 0 aromatic carbocycles. The van der Waals surface area contributed by atoms with Crippen LogP contribution in [0.25, 0.3) is 0 Å². The second kappa shape index (κ2) is 17.9. The fourth-order valence-electron chi connectivity index (χ4n) is 8.27. The van der Waals surface area contributed by atoms with E-state index in [0.717, 1.165) is 17.8 Å². The largest absolute Gasteiger partial charge is 0.0667 e. The van der Waals surface area contributed by atoms with Crippen LogP contribution < -0.4 is 0 Å². The van der Waals surface area contributed by atoms with Crippen LogP contribution in [-0.4, -0.2) is 0 Å². The van der Waals surface area contributed by atoms with Gasteiger partial charge in [-0.25, -0.2) is 0 Å². The lowest BCUT2D eigenvalue weighted by molar-refractivity contribution is 0.206. The molecule has 0 N–H and O–H groups in total. The van der Waals surface area contributed by atoms with Gasteiger partial charge in [-0.05, 0) is 75.5 Å². The molecule has 1 aliphatic carbocycles. The minimum atomic E-state index is 0.333. The summed E-state index contributed by atoms with van der Waals surface area (Å²) < 4.78 is 0. The molecule has 0 aromatic rings. The fraction of sp³-hybridized carbons (Fsp3) is 0.886. The van der Waals surface area contributed by atoms with Crippen molar-refractivity contribution in [2.75, 3.05) is 0 Å². The molecule has 0 radical (unpaired) electrons. The van der Waals surface area contributed by atoms with Crippen LogP contribution >= 0.6 is 0 Å². The summed E-state index contributed by atoms with van der Waals surface area (Å²) in [5.74, 6) is 2.46. The Balaban J connectivity index is 4.29. The second-order valence-corrected chi connectivity index (χ2v) is 11.8. The molecule has 0 nitrogen and oxygen atoms in total. The summed E-state index contributed by atoms with van der Waals surface area (Å²) in [6.07, 6.45) is 24.2. The zero-order valence-electron chi connectivity index (χ0n) is 26.0. The molecular weight excluding hydrogens is 420 g/mol. The Labute approximate surface area is 223 Å². The van der Waals surface area contributed by atoms with Crippen LogP contribution in [0, 0.1) is 23.2 Å². The average Bonchev–Trinajstić information content (AvgIpc) is 2.84. The highest BCUT2D eigenvalue weighted by Crippen LogP contribution is 2.57. The third kappa shape index (κ3) is 7.98. The van der Waals surface area contributed by atoms with Gasteiger partial charge in [0.1, 0.15) is 0 Å². The lowest BCUT2D eigenvalue weighted by Crippen LogP contribution is -2.37. The number of hydrogen-bond acceptors (Lipinski definition) is 0. The minimum Gasteiger partial charge on any atom is -0.0667 e. The molecule has 0 saturated heterocycles. The summed E-state index contributed by atoms with van der Waals surface area (Å²) in [6.45, 7) is 22.1. The van der Waals surface area contributed by atoms with Crippen molar-refractivity contribution in [3.63, 3.8) is 0 Å². The van der Waals surface area contributed by atoms with Crippen molar-refractivity contribution in [2.24, 2.45) is 23.2 Å². The fourth-order valence-corrected chi connectivity index (χ4v) is 8.27. The summed E-state index contributed by atoms with van der Waals surface area (Å²) >= 11 is 0. The minimum absolute atomic E-state index is 0.333. The highest BCUT2D eigenvalue weighted by molar-refractivity contribution is 5.40. The van der Waals surface area contributed by atoms with Gasteiger partial charge in [-0.3, -0.25) is 0 Å². The Morgan fingerprint density at radius 1 is 0.429 bits per heavy atom. The lowest BCUT2D eigenvalue weighted by Gasteiger charge is -2.49. The molecule has 3 atom stereocenters. The first-order valence-corrected chi connectivity index (χ1v) is 16.5. The Morgan fingerprint density at radius 3 is 1.09 bits per heavy atom. The van der Waals surface area contributed by atoms with Crippen molar-refractivity contribution < 1.29 is 0 Å². The smallest absolute Gasteiger partial charge is 0.0126 e. The first-order chi connectivity index (χ1) is 17.0. The van der Waals surface area contributed by atoms with Gasteiger partial charge in [0.2, 0.25) is 0 Å². The van der Waals surface area contributed by atoms with Gasteiger partial charge >= 0.3 is 0 Å². The Kier molecular flexibility index (Phi) is 16.6. The molecule has 206 valence electrons. The molecule has 0 bridgehead atoms. The van der Waals surface area contributed by atoms with E-state index in [0.29, 0.717) is 5.41 Å². The van der Waals surface area contributed by atoms with Gasteiger partial charge < -0.3 is 0 Å². The summed E-state index contributed by atoms with van der Waals surface area (Å²) in [5, 5.41) is 0. The zero-order chi connectivity index (χ0) is 26.3. The predicted molar refractivity (Wildman–Crippen MR) is 161 cm³/mol. The lowest BCUT2D eigenvalue weighted by atomic mass is 9.55. The van der Waals surface area contributed by atoms with E-state index in [1.807, 2.05) is 22.3 Å². The van der Waals surface area contributed by atoms with Gasteiger partial charge in [0.25, 0.3) is 0 Å². The van der Waals surface area contributed by atoms with Gasteiger partial charge in [0.05, 0.1) is 0 Å². The summed E-state index contributed by atoms with van der Waals surface area (Å²) in [5.41, 5.74) is 8.16. The van der Waals surface area contributed by atoms with Crippen molar-refractivity contribution in [3.05, 3.63) is 22.3 Å². The van der Waals surface area contributed by atoms with Crippen LogP contribution in [0.15, 0.2) is 22.3 Å². The van der Waals surface area contributed by atoms with E-state index in [-0.39, 0.29) is 0 Å². The van der Waals surface area contributed by atoms with Crippen LogP contribution in [0.3, 0.4) is 0 Å². The molecule has 0 aromatic heterocycles. The number of allylic oxidation sites excluding steroid dienone is 4. The molecular formula is C35H66. The molecule has 0 amide bonds. The molecule has 1 aliphatic rings. The maximum Gasteiger partial charge on any atom is 0.0126 e. The first kappa shape index (κ1) is 32.5. The molecule has 0 saturated carbocycles. The third-order valence-corrected chi connectivity index (χ3v) is 9.07. The molecule has 0 spiro atoms. The van der Waals surface area contributed by atoms with Crippen molar-refractivity contribution in [1.82, 2.24) is 0 Å². The van der Waals surface area contributed by atoms with E-state index in [4.69, 9.17) is 0 Å². The van der Waals surface area contributed by atoms with E-state index in [1.165, 1.54) is 116 Å². The summed E-state index contributed by atoms with van der Waals surface area (Å²) in [4.78, 5) is 0. The molecule has 0 fully saturated rings. The Hall–Kier alpha value is -0.520. The van der Waals surface area contributed by atoms with Gasteiger partial charge in [-0.2, -0.15) is 0 Å². The molecule has 0 aliphatic heterocycles. The number of hydrogen-bond donors (Lipinski definition) is 0. The molecule has 0 heteroatoms. The predicted octanol–water partition coefficient (Wildman–Crippen LogP) is 12.6. The first-order valence-electron chi connectivity index (χ1n) is 16.5. The molecule has 1 rings (SSSR count). The van der Waals surface area contributed by atoms with E-state index in [9.17, 15) is 0 Å². The highest BCUT2D eigenvalue weighted by atomic mass is 14.5. The van der Waals surface area contributed by atoms with E-state index < -0.39 is 0 Å².